The molecule has 0 bridgehead atoms. The Balaban J connectivity index is 0.00000225. The van der Waals surface area contributed by atoms with E-state index < -0.39 is 0 Å². The molecule has 1 atom stereocenters. The fraction of sp³-hybridized carbons (Fsp3) is 0.588. The van der Waals surface area contributed by atoms with E-state index in [1.807, 2.05) is 18.2 Å². The number of amides is 1. The molecule has 1 aromatic carbocycles. The summed E-state index contributed by atoms with van der Waals surface area (Å²) in [4.78, 5) is 16.7. The second-order valence-electron chi connectivity index (χ2n) is 6.18. The van der Waals surface area contributed by atoms with Crippen LogP contribution in [0.2, 0.25) is 5.02 Å². The van der Waals surface area contributed by atoms with Gasteiger partial charge in [0.15, 0.2) is 0 Å². The van der Waals surface area contributed by atoms with E-state index in [0.717, 1.165) is 44.3 Å². The molecule has 156 valence electrons. The number of benzene rings is 1. The molecular weight excluding hydrogens is 434 g/mol. The lowest BCUT2D eigenvalue weighted by molar-refractivity contribution is -0.125. The van der Waals surface area contributed by atoms with E-state index in [0.29, 0.717) is 19.8 Å². The zero-order chi connectivity index (χ0) is 16.8. The molecule has 1 amide bonds. The summed E-state index contributed by atoms with van der Waals surface area (Å²) in [7, 11) is 0. The molecular formula is C17H28Cl4N4O2. The average Bonchev–Trinajstić information content (AvgIpc) is 2.63. The minimum atomic E-state index is -0.210. The van der Waals surface area contributed by atoms with Crippen molar-refractivity contribution in [3.63, 3.8) is 0 Å². The van der Waals surface area contributed by atoms with Gasteiger partial charge in [-0.05, 0) is 18.2 Å². The van der Waals surface area contributed by atoms with Crippen LogP contribution in [0.5, 0.6) is 0 Å². The quantitative estimate of drug-likeness (QED) is 0.700. The molecule has 0 aliphatic carbocycles. The lowest BCUT2D eigenvalue weighted by Crippen LogP contribution is -2.53. The fourth-order valence-corrected chi connectivity index (χ4v) is 3.28. The highest BCUT2D eigenvalue weighted by Gasteiger charge is 2.21. The Morgan fingerprint density at radius 2 is 1.96 bits per heavy atom. The summed E-state index contributed by atoms with van der Waals surface area (Å²) in [6.45, 7) is 7.38. The number of carbonyl (C=O) groups is 1. The predicted octanol–water partition coefficient (Wildman–Crippen LogP) is 1.83. The molecule has 1 unspecified atom stereocenters. The zero-order valence-electron chi connectivity index (χ0n) is 15.1. The van der Waals surface area contributed by atoms with Gasteiger partial charge >= 0.3 is 0 Å². The van der Waals surface area contributed by atoms with E-state index in [2.05, 4.69) is 26.5 Å². The number of halogens is 4. The number of nitrogens with one attached hydrogen (secondary N) is 2. The number of carbonyl (C=O) groups excluding carboxylic acids is 1. The number of piperazine rings is 1. The van der Waals surface area contributed by atoms with Crippen LogP contribution in [-0.2, 0) is 9.53 Å². The van der Waals surface area contributed by atoms with Gasteiger partial charge in [-0.3, -0.25) is 9.69 Å². The summed E-state index contributed by atoms with van der Waals surface area (Å²) in [5.74, 6) is 0.0345. The van der Waals surface area contributed by atoms with Gasteiger partial charge in [0, 0.05) is 56.5 Å². The Labute approximate surface area is 184 Å². The summed E-state index contributed by atoms with van der Waals surface area (Å²) in [5.41, 5.74) is 1.18. The van der Waals surface area contributed by atoms with Crippen molar-refractivity contribution < 1.29 is 9.53 Å². The highest BCUT2D eigenvalue weighted by atomic mass is 35.5. The average molecular weight is 462 g/mol. The van der Waals surface area contributed by atoms with Crippen LogP contribution in [0.4, 0.5) is 5.69 Å². The lowest BCUT2D eigenvalue weighted by atomic mass is 10.2. The number of hydrogen-bond donors (Lipinski definition) is 2. The van der Waals surface area contributed by atoms with Crippen LogP contribution in [0.15, 0.2) is 24.3 Å². The van der Waals surface area contributed by atoms with E-state index in [1.54, 1.807) is 0 Å². The Bertz CT molecular complexity index is 553. The van der Waals surface area contributed by atoms with E-state index in [-0.39, 0.29) is 49.2 Å². The van der Waals surface area contributed by atoms with Crippen molar-refractivity contribution in [2.24, 2.45) is 0 Å². The smallest absolute Gasteiger partial charge is 0.239 e. The van der Waals surface area contributed by atoms with E-state index in [4.69, 9.17) is 16.3 Å². The van der Waals surface area contributed by atoms with Gasteiger partial charge in [-0.2, -0.15) is 0 Å². The number of hydrogen-bond acceptors (Lipinski definition) is 5. The van der Waals surface area contributed by atoms with Gasteiger partial charge in [-0.1, -0.05) is 17.7 Å². The minimum absolute atomic E-state index is 0. The molecule has 0 spiro atoms. The maximum atomic E-state index is 12.0. The van der Waals surface area contributed by atoms with Gasteiger partial charge in [0.2, 0.25) is 5.91 Å². The highest BCUT2D eigenvalue weighted by molar-refractivity contribution is 6.30. The molecule has 0 saturated carbocycles. The largest absolute Gasteiger partial charge is 0.378 e. The van der Waals surface area contributed by atoms with Crippen LogP contribution < -0.4 is 15.5 Å². The van der Waals surface area contributed by atoms with Gasteiger partial charge < -0.3 is 20.3 Å². The SMILES string of the molecule is Cl.Cl.Cl.O=C(NCCN1CCN(c2cccc(Cl)c2)CC1)C1COCCN1. The van der Waals surface area contributed by atoms with Gasteiger partial charge in [0.25, 0.3) is 0 Å². The molecule has 2 aliphatic rings. The van der Waals surface area contributed by atoms with E-state index in [9.17, 15) is 4.79 Å². The molecule has 2 aliphatic heterocycles. The van der Waals surface area contributed by atoms with Crippen molar-refractivity contribution in [3.05, 3.63) is 29.3 Å². The first-order chi connectivity index (χ1) is 11.7. The standard InChI is InChI=1S/C17H25ClN4O2.3ClH/c18-14-2-1-3-15(12-14)22-9-7-21(8-10-22)6-4-20-17(23)16-13-24-11-5-19-16;;;/h1-3,12,16,19H,4-11,13H2,(H,20,23);3*1H. The lowest BCUT2D eigenvalue weighted by Gasteiger charge is -2.36. The first-order valence-corrected chi connectivity index (χ1v) is 8.92. The fourth-order valence-electron chi connectivity index (χ4n) is 3.10. The number of nitrogens with zero attached hydrogens (tertiary/aromatic N) is 2. The third kappa shape index (κ3) is 8.20. The van der Waals surface area contributed by atoms with Crippen LogP contribution in [0.1, 0.15) is 0 Å². The zero-order valence-corrected chi connectivity index (χ0v) is 18.3. The maximum Gasteiger partial charge on any atom is 0.239 e. The van der Waals surface area contributed by atoms with E-state index >= 15 is 0 Å². The Hall–Kier alpha value is -0.470. The summed E-state index contributed by atoms with van der Waals surface area (Å²) < 4.78 is 5.31. The third-order valence-electron chi connectivity index (χ3n) is 4.51. The number of anilines is 1. The van der Waals surface area contributed by atoms with Crippen molar-refractivity contribution >= 4 is 60.4 Å². The van der Waals surface area contributed by atoms with Crippen LogP contribution in [0.25, 0.3) is 0 Å². The number of ether oxygens (including phenoxy) is 1. The van der Waals surface area contributed by atoms with Gasteiger partial charge in [0.1, 0.15) is 6.04 Å². The van der Waals surface area contributed by atoms with Crippen molar-refractivity contribution in [3.8, 4) is 0 Å². The molecule has 0 radical (unpaired) electrons. The van der Waals surface area contributed by atoms with Crippen LogP contribution in [0.3, 0.4) is 0 Å². The van der Waals surface area contributed by atoms with Gasteiger partial charge in [0.05, 0.1) is 13.2 Å². The van der Waals surface area contributed by atoms with Gasteiger partial charge in [-0.15, -0.1) is 37.2 Å². The molecule has 10 heteroatoms. The third-order valence-corrected chi connectivity index (χ3v) is 4.75. The van der Waals surface area contributed by atoms with Crippen molar-refractivity contribution in [1.82, 2.24) is 15.5 Å². The van der Waals surface area contributed by atoms with Crippen LogP contribution >= 0.6 is 48.8 Å². The summed E-state index contributed by atoms with van der Waals surface area (Å²) in [5, 5.41) is 6.94. The molecule has 1 aromatic rings. The summed E-state index contributed by atoms with van der Waals surface area (Å²) in [6.07, 6.45) is 0. The molecule has 0 aromatic heterocycles. The Kier molecular flexibility index (Phi) is 13.4. The first kappa shape index (κ1) is 26.5. The normalized spacial score (nSPS) is 19.9. The topological polar surface area (TPSA) is 56.8 Å². The second-order valence-corrected chi connectivity index (χ2v) is 6.62. The minimum Gasteiger partial charge on any atom is -0.378 e. The molecule has 2 saturated heterocycles. The van der Waals surface area contributed by atoms with Crippen molar-refractivity contribution in [2.45, 2.75) is 6.04 Å². The van der Waals surface area contributed by atoms with E-state index in [1.165, 1.54) is 5.69 Å². The second kappa shape index (κ2) is 13.7. The maximum absolute atomic E-state index is 12.0. The Morgan fingerprint density at radius 1 is 1.22 bits per heavy atom. The first-order valence-electron chi connectivity index (χ1n) is 8.54. The molecule has 3 rings (SSSR count). The molecule has 2 heterocycles. The number of morpholine rings is 1. The summed E-state index contributed by atoms with van der Waals surface area (Å²) in [6, 6.07) is 7.79. The molecule has 2 N–H and O–H groups in total. The van der Waals surface area contributed by atoms with Crippen LogP contribution in [0, 0.1) is 0 Å². The molecule has 6 nitrogen and oxygen atoms in total. The van der Waals surface area contributed by atoms with Gasteiger partial charge in [-0.25, -0.2) is 0 Å². The van der Waals surface area contributed by atoms with Crippen molar-refractivity contribution in [1.29, 1.82) is 0 Å². The Morgan fingerprint density at radius 3 is 2.59 bits per heavy atom. The monoisotopic (exact) mass is 460 g/mol. The predicted molar refractivity (Wildman–Crippen MR) is 117 cm³/mol. The van der Waals surface area contributed by atoms with Crippen molar-refractivity contribution in [2.75, 3.05) is 63.9 Å². The molecule has 2 fully saturated rings. The highest BCUT2D eigenvalue weighted by Crippen LogP contribution is 2.20. The number of rotatable bonds is 5. The summed E-state index contributed by atoms with van der Waals surface area (Å²) >= 11 is 6.06. The van der Waals surface area contributed by atoms with Crippen LogP contribution in [-0.4, -0.2) is 75.9 Å². The molecule has 27 heavy (non-hydrogen) atoms.